The van der Waals surface area contributed by atoms with Crippen LogP contribution >= 0.6 is 0 Å². The number of benzene rings is 1. The Balaban J connectivity index is 1.53. The quantitative estimate of drug-likeness (QED) is 0.784. The molecule has 0 spiro atoms. The van der Waals surface area contributed by atoms with Crippen molar-refractivity contribution >= 4 is 17.6 Å². The highest BCUT2D eigenvalue weighted by molar-refractivity contribution is 6.01. The van der Waals surface area contributed by atoms with Crippen molar-refractivity contribution in [2.45, 2.75) is 26.4 Å². The van der Waals surface area contributed by atoms with E-state index in [0.717, 1.165) is 5.56 Å². The Morgan fingerprint density at radius 2 is 2.00 bits per heavy atom. The summed E-state index contributed by atoms with van der Waals surface area (Å²) in [5.41, 5.74) is 1.52. The van der Waals surface area contributed by atoms with Crippen molar-refractivity contribution in [2.75, 3.05) is 25.1 Å². The van der Waals surface area contributed by atoms with Crippen molar-refractivity contribution in [2.24, 2.45) is 7.05 Å². The number of hydrogen-bond donors (Lipinski definition) is 2. The van der Waals surface area contributed by atoms with E-state index in [1.165, 1.54) is 0 Å². The summed E-state index contributed by atoms with van der Waals surface area (Å²) in [6.45, 7) is 5.63. The van der Waals surface area contributed by atoms with Crippen LogP contribution in [0.3, 0.4) is 0 Å². The van der Waals surface area contributed by atoms with Gasteiger partial charge in [0.2, 0.25) is 5.91 Å². The molecule has 0 saturated heterocycles. The number of imide groups is 1. The number of nitrogens with one attached hydrogen (secondary N) is 2. The minimum Gasteiger partial charge on any atom is -0.486 e. The Labute approximate surface area is 163 Å². The molecule has 0 radical (unpaired) electrons. The Hall–Kier alpha value is -3.07. The van der Waals surface area contributed by atoms with Gasteiger partial charge in [-0.05, 0) is 26.0 Å². The second-order valence-corrected chi connectivity index (χ2v) is 6.88. The molecule has 0 atom stereocenters. The predicted octanol–water partition coefficient (Wildman–Crippen LogP) is 1.75. The van der Waals surface area contributed by atoms with Crippen LogP contribution in [-0.4, -0.2) is 52.4 Å². The van der Waals surface area contributed by atoms with E-state index in [4.69, 9.17) is 9.47 Å². The highest BCUT2D eigenvalue weighted by Crippen LogP contribution is 2.32. The first-order valence-electron chi connectivity index (χ1n) is 9.13. The maximum atomic E-state index is 12.3. The Morgan fingerprint density at radius 3 is 2.68 bits per heavy atom. The molecule has 2 N–H and O–H groups in total. The summed E-state index contributed by atoms with van der Waals surface area (Å²) < 4.78 is 12.6. The number of anilines is 1. The van der Waals surface area contributed by atoms with Crippen LogP contribution in [0.1, 0.15) is 19.4 Å². The average Bonchev–Trinajstić information content (AvgIpc) is 3.05. The summed E-state index contributed by atoms with van der Waals surface area (Å²) in [7, 11) is 1.85. The van der Waals surface area contributed by atoms with Gasteiger partial charge in [0, 0.05) is 43.1 Å². The number of aromatic nitrogens is 2. The molecule has 1 aromatic heterocycles. The summed E-state index contributed by atoms with van der Waals surface area (Å²) in [5, 5.41) is 9.14. The zero-order valence-corrected chi connectivity index (χ0v) is 16.3. The lowest BCUT2D eigenvalue weighted by Crippen LogP contribution is -2.43. The van der Waals surface area contributed by atoms with E-state index in [1.807, 2.05) is 32.0 Å². The van der Waals surface area contributed by atoms with Crippen LogP contribution in [0.2, 0.25) is 0 Å². The molecule has 0 fully saturated rings. The number of urea groups is 1. The zero-order valence-electron chi connectivity index (χ0n) is 16.3. The molecule has 1 aliphatic rings. The maximum absolute atomic E-state index is 12.3. The minimum atomic E-state index is -0.591. The predicted molar refractivity (Wildman–Crippen MR) is 103 cm³/mol. The summed E-state index contributed by atoms with van der Waals surface area (Å²) in [5.74, 6) is 0.821. The fraction of sp³-hybridized carbons (Fsp3) is 0.421. The van der Waals surface area contributed by atoms with Gasteiger partial charge in [-0.1, -0.05) is 0 Å². The normalized spacial score (nSPS) is 12.9. The molecule has 1 aliphatic heterocycles. The topological polar surface area (TPSA) is 97.7 Å². The number of ether oxygens (including phenoxy) is 2. The van der Waals surface area contributed by atoms with Crippen molar-refractivity contribution in [3.63, 3.8) is 0 Å². The van der Waals surface area contributed by atoms with Crippen molar-refractivity contribution in [3.8, 4) is 11.5 Å². The van der Waals surface area contributed by atoms with E-state index in [-0.39, 0.29) is 18.5 Å². The Bertz CT molecular complexity index is 849. The lowest BCUT2D eigenvalue weighted by molar-refractivity contribution is -0.121. The molecule has 0 aliphatic carbocycles. The van der Waals surface area contributed by atoms with Crippen LogP contribution in [0, 0.1) is 0 Å². The molecule has 3 rings (SSSR count). The van der Waals surface area contributed by atoms with E-state index in [0.29, 0.717) is 36.9 Å². The van der Waals surface area contributed by atoms with Gasteiger partial charge >= 0.3 is 6.03 Å². The summed E-state index contributed by atoms with van der Waals surface area (Å²) in [6, 6.07) is 4.63. The molecule has 150 valence electrons. The lowest BCUT2D eigenvalue weighted by Gasteiger charge is -2.25. The summed E-state index contributed by atoms with van der Waals surface area (Å²) >= 11 is 0. The third-order valence-electron chi connectivity index (χ3n) is 4.27. The van der Waals surface area contributed by atoms with Crippen molar-refractivity contribution in [3.05, 3.63) is 36.2 Å². The number of amides is 3. The number of carbonyl (C=O) groups is 2. The third kappa shape index (κ3) is 5.23. The van der Waals surface area contributed by atoms with Gasteiger partial charge in [0.25, 0.3) is 0 Å². The molecule has 28 heavy (non-hydrogen) atoms. The SMILES string of the molecule is CC(C)N(CC(=O)NC(=O)Nc1ccc2c(c1)OCCO2)Cc1cnn(C)c1. The van der Waals surface area contributed by atoms with Crippen LogP contribution in [0.15, 0.2) is 30.6 Å². The lowest BCUT2D eigenvalue weighted by atomic mass is 10.2. The van der Waals surface area contributed by atoms with Gasteiger partial charge in [-0.2, -0.15) is 5.10 Å². The molecule has 0 unspecified atom stereocenters. The first kappa shape index (κ1) is 19.7. The Kier molecular flexibility index (Phi) is 6.15. The minimum absolute atomic E-state index is 0.0983. The highest BCUT2D eigenvalue weighted by Gasteiger charge is 2.18. The van der Waals surface area contributed by atoms with Gasteiger partial charge in [-0.3, -0.25) is 19.7 Å². The van der Waals surface area contributed by atoms with Gasteiger partial charge in [0.05, 0.1) is 12.7 Å². The molecule has 0 bridgehead atoms. The zero-order chi connectivity index (χ0) is 20.1. The van der Waals surface area contributed by atoms with Crippen molar-refractivity contribution in [1.82, 2.24) is 20.0 Å². The van der Waals surface area contributed by atoms with E-state index in [9.17, 15) is 9.59 Å². The monoisotopic (exact) mass is 387 g/mol. The smallest absolute Gasteiger partial charge is 0.325 e. The van der Waals surface area contributed by atoms with Crippen LogP contribution in [0.5, 0.6) is 11.5 Å². The number of fused-ring (bicyclic) bond motifs is 1. The van der Waals surface area contributed by atoms with Crippen molar-refractivity contribution in [1.29, 1.82) is 0 Å². The van der Waals surface area contributed by atoms with E-state index in [1.54, 1.807) is 29.1 Å². The largest absolute Gasteiger partial charge is 0.486 e. The number of aryl methyl sites for hydroxylation is 1. The first-order valence-corrected chi connectivity index (χ1v) is 9.13. The maximum Gasteiger partial charge on any atom is 0.325 e. The van der Waals surface area contributed by atoms with Crippen LogP contribution < -0.4 is 20.1 Å². The third-order valence-corrected chi connectivity index (χ3v) is 4.27. The van der Waals surface area contributed by atoms with Crippen LogP contribution in [-0.2, 0) is 18.4 Å². The second kappa shape index (κ2) is 8.75. The summed E-state index contributed by atoms with van der Waals surface area (Å²) in [4.78, 5) is 26.4. The van der Waals surface area contributed by atoms with Gasteiger partial charge in [0.15, 0.2) is 11.5 Å². The molecular formula is C19H25N5O4. The van der Waals surface area contributed by atoms with E-state index in [2.05, 4.69) is 15.7 Å². The van der Waals surface area contributed by atoms with Gasteiger partial charge in [-0.15, -0.1) is 0 Å². The first-order chi connectivity index (χ1) is 13.4. The molecule has 9 heteroatoms. The fourth-order valence-corrected chi connectivity index (χ4v) is 2.84. The molecule has 1 aromatic carbocycles. The van der Waals surface area contributed by atoms with Gasteiger partial charge in [0.1, 0.15) is 13.2 Å². The van der Waals surface area contributed by atoms with E-state index < -0.39 is 6.03 Å². The highest BCUT2D eigenvalue weighted by atomic mass is 16.6. The molecular weight excluding hydrogens is 362 g/mol. The standard InChI is InChI=1S/C19H25N5O4/c1-13(2)24(11-14-9-20-23(3)10-14)12-18(25)22-19(26)21-15-4-5-16-17(8-15)28-7-6-27-16/h4-5,8-10,13H,6-7,11-12H2,1-3H3,(H2,21,22,25,26). The van der Waals surface area contributed by atoms with Crippen LogP contribution in [0.4, 0.5) is 10.5 Å². The Morgan fingerprint density at radius 1 is 1.25 bits per heavy atom. The van der Waals surface area contributed by atoms with E-state index >= 15 is 0 Å². The molecule has 2 heterocycles. The molecule has 9 nitrogen and oxygen atoms in total. The van der Waals surface area contributed by atoms with Crippen molar-refractivity contribution < 1.29 is 19.1 Å². The molecule has 2 aromatic rings. The number of nitrogens with zero attached hydrogens (tertiary/aromatic N) is 3. The van der Waals surface area contributed by atoms with Crippen LogP contribution in [0.25, 0.3) is 0 Å². The fourth-order valence-electron chi connectivity index (χ4n) is 2.84. The number of rotatable bonds is 6. The average molecular weight is 387 g/mol. The number of hydrogen-bond acceptors (Lipinski definition) is 6. The second-order valence-electron chi connectivity index (χ2n) is 6.88. The van der Waals surface area contributed by atoms with Gasteiger partial charge < -0.3 is 14.8 Å². The summed E-state index contributed by atoms with van der Waals surface area (Å²) in [6.07, 6.45) is 3.67. The molecule has 3 amide bonds. The van der Waals surface area contributed by atoms with Gasteiger partial charge in [-0.25, -0.2) is 4.79 Å². The molecule has 0 saturated carbocycles. The number of carbonyl (C=O) groups excluding carboxylic acids is 2.